The van der Waals surface area contributed by atoms with Crippen LogP contribution < -0.4 is 0 Å². The fraction of sp³-hybridized carbons (Fsp3) is 0.391. The van der Waals surface area contributed by atoms with Gasteiger partial charge in [0.15, 0.2) is 0 Å². The van der Waals surface area contributed by atoms with Crippen LogP contribution in [0.1, 0.15) is 31.9 Å². The molecule has 4 heteroatoms. The zero-order valence-electron chi connectivity index (χ0n) is 17.3. The smallest absolute Gasteiger partial charge is 0.331 e. The lowest BCUT2D eigenvalue weighted by atomic mass is 10.0. The van der Waals surface area contributed by atoms with Crippen molar-refractivity contribution in [3.05, 3.63) is 71.8 Å². The first-order valence-corrected chi connectivity index (χ1v) is 13.2. The second kappa shape index (κ2) is 8.66. The van der Waals surface area contributed by atoms with Crippen molar-refractivity contribution in [2.24, 2.45) is 4.99 Å². The van der Waals surface area contributed by atoms with Gasteiger partial charge in [-0.1, -0.05) is 80.3 Å². The van der Waals surface area contributed by atoms with Crippen molar-refractivity contribution < 1.29 is 9.53 Å². The Morgan fingerprint density at radius 1 is 0.926 bits per heavy atom. The Kier molecular flexibility index (Phi) is 6.77. The summed E-state index contributed by atoms with van der Waals surface area (Å²) < 4.78 is 5.69. The molecule has 0 amide bonds. The van der Waals surface area contributed by atoms with Crippen molar-refractivity contribution >= 4 is 19.8 Å². The topological polar surface area (TPSA) is 38.7 Å². The Morgan fingerprint density at radius 2 is 1.37 bits per heavy atom. The lowest BCUT2D eigenvalue weighted by Gasteiger charge is -2.26. The van der Waals surface area contributed by atoms with E-state index in [9.17, 15) is 4.79 Å². The summed E-state index contributed by atoms with van der Waals surface area (Å²) >= 11 is 0. The normalized spacial score (nSPS) is 13.0. The van der Waals surface area contributed by atoms with E-state index < -0.39 is 19.7 Å². The summed E-state index contributed by atoms with van der Waals surface area (Å²) in [6, 6.07) is 20.3. The van der Waals surface area contributed by atoms with Crippen molar-refractivity contribution in [1.82, 2.24) is 0 Å². The van der Waals surface area contributed by atoms with Crippen LogP contribution in [0.3, 0.4) is 0 Å². The van der Waals surface area contributed by atoms with Gasteiger partial charge in [0, 0.05) is 19.2 Å². The SMILES string of the molecule is CC(C)(C)OC(=O)[C@H](C[Si](C)(C)C)N=C(c1ccccc1)c1ccccc1. The molecule has 0 N–H and O–H groups in total. The molecule has 0 spiro atoms. The number of aliphatic imine (C=N–C) groups is 1. The molecule has 0 bridgehead atoms. The van der Waals surface area contributed by atoms with Crippen LogP contribution in [0.25, 0.3) is 0 Å². The molecule has 1 atom stereocenters. The first kappa shape index (κ1) is 21.1. The van der Waals surface area contributed by atoms with Gasteiger partial charge >= 0.3 is 5.97 Å². The fourth-order valence-electron chi connectivity index (χ4n) is 2.80. The number of carbonyl (C=O) groups is 1. The summed E-state index contributed by atoms with van der Waals surface area (Å²) in [5.41, 5.74) is 2.33. The molecule has 0 saturated heterocycles. The Morgan fingerprint density at radius 3 is 1.74 bits per heavy atom. The maximum absolute atomic E-state index is 12.9. The lowest BCUT2D eigenvalue weighted by Crippen LogP contribution is -2.36. The van der Waals surface area contributed by atoms with Gasteiger partial charge in [-0.2, -0.15) is 0 Å². The number of nitrogens with zero attached hydrogens (tertiary/aromatic N) is 1. The molecule has 0 aliphatic carbocycles. The predicted molar refractivity (Wildman–Crippen MR) is 116 cm³/mol. The van der Waals surface area contributed by atoms with Crippen LogP contribution in [0, 0.1) is 0 Å². The van der Waals surface area contributed by atoms with Crippen LogP contribution >= 0.6 is 0 Å². The first-order valence-electron chi connectivity index (χ1n) is 9.47. The maximum atomic E-state index is 12.9. The summed E-state index contributed by atoms with van der Waals surface area (Å²) in [7, 11) is -1.54. The van der Waals surface area contributed by atoms with Gasteiger partial charge in [-0.15, -0.1) is 0 Å². The van der Waals surface area contributed by atoms with Gasteiger partial charge in [0.25, 0.3) is 0 Å². The fourth-order valence-corrected chi connectivity index (χ4v) is 4.21. The van der Waals surface area contributed by atoms with E-state index in [4.69, 9.17) is 9.73 Å². The van der Waals surface area contributed by atoms with E-state index in [-0.39, 0.29) is 5.97 Å². The molecule has 0 aliphatic heterocycles. The highest BCUT2D eigenvalue weighted by molar-refractivity contribution is 6.76. The molecule has 27 heavy (non-hydrogen) atoms. The zero-order chi connectivity index (χ0) is 20.1. The third-order valence-corrected chi connectivity index (χ3v) is 5.48. The average molecular weight is 382 g/mol. The molecular formula is C23H31NO2Si. The van der Waals surface area contributed by atoms with Crippen LogP contribution in [0.2, 0.25) is 25.7 Å². The van der Waals surface area contributed by atoms with Crippen molar-refractivity contribution in [2.45, 2.75) is 58.1 Å². The number of hydrogen-bond donors (Lipinski definition) is 0. The summed E-state index contributed by atoms with van der Waals surface area (Å²) in [6.07, 6.45) is 0. The highest BCUT2D eigenvalue weighted by atomic mass is 28.3. The summed E-state index contributed by atoms with van der Waals surface area (Å²) in [4.78, 5) is 17.9. The number of carbonyl (C=O) groups excluding carboxylic acids is 1. The van der Waals surface area contributed by atoms with E-state index in [1.54, 1.807) is 0 Å². The molecule has 2 rings (SSSR count). The maximum Gasteiger partial charge on any atom is 0.331 e. The van der Waals surface area contributed by atoms with Gasteiger partial charge in [0.05, 0.1) is 5.71 Å². The molecule has 0 unspecified atom stereocenters. The predicted octanol–water partition coefficient (Wildman–Crippen LogP) is 5.57. The van der Waals surface area contributed by atoms with E-state index in [1.165, 1.54) is 0 Å². The van der Waals surface area contributed by atoms with Gasteiger partial charge in [0.2, 0.25) is 0 Å². The number of benzene rings is 2. The second-order valence-corrected chi connectivity index (χ2v) is 14.6. The van der Waals surface area contributed by atoms with Gasteiger partial charge < -0.3 is 4.74 Å². The van der Waals surface area contributed by atoms with Crippen LogP contribution in [0.15, 0.2) is 65.7 Å². The Balaban J connectivity index is 2.51. The largest absolute Gasteiger partial charge is 0.458 e. The van der Waals surface area contributed by atoms with E-state index >= 15 is 0 Å². The molecule has 0 aromatic heterocycles. The van der Waals surface area contributed by atoms with Crippen molar-refractivity contribution in [1.29, 1.82) is 0 Å². The van der Waals surface area contributed by atoms with Crippen LogP contribution in [0.5, 0.6) is 0 Å². The molecule has 0 aliphatic rings. The summed E-state index contributed by atoms with van der Waals surface area (Å²) in [5.74, 6) is -0.241. The Hall–Kier alpha value is -2.20. The molecule has 0 saturated carbocycles. The zero-order valence-corrected chi connectivity index (χ0v) is 18.3. The van der Waals surface area contributed by atoms with Gasteiger partial charge in [0.1, 0.15) is 11.6 Å². The number of hydrogen-bond acceptors (Lipinski definition) is 3. The minimum Gasteiger partial charge on any atom is -0.458 e. The van der Waals surface area contributed by atoms with E-state index in [0.29, 0.717) is 0 Å². The number of ether oxygens (including phenoxy) is 1. The molecule has 2 aromatic rings. The van der Waals surface area contributed by atoms with Crippen molar-refractivity contribution in [3.63, 3.8) is 0 Å². The first-order chi connectivity index (χ1) is 12.6. The van der Waals surface area contributed by atoms with E-state index in [0.717, 1.165) is 22.9 Å². The number of esters is 1. The third-order valence-electron chi connectivity index (χ3n) is 3.86. The van der Waals surface area contributed by atoms with Crippen molar-refractivity contribution in [2.75, 3.05) is 0 Å². The Bertz CT molecular complexity index is 730. The molecular weight excluding hydrogens is 350 g/mol. The quantitative estimate of drug-likeness (QED) is 0.372. The summed E-state index contributed by atoms with van der Waals surface area (Å²) in [5, 5.41) is 0. The molecule has 2 aromatic carbocycles. The van der Waals surface area contributed by atoms with Crippen molar-refractivity contribution in [3.8, 4) is 0 Å². The minimum absolute atomic E-state index is 0.241. The van der Waals surface area contributed by atoms with Crippen LogP contribution in [0.4, 0.5) is 0 Å². The third kappa shape index (κ3) is 7.14. The van der Waals surface area contributed by atoms with Crippen LogP contribution in [-0.2, 0) is 9.53 Å². The van der Waals surface area contributed by atoms with Gasteiger partial charge in [-0.25, -0.2) is 4.79 Å². The Labute approximate surface area is 164 Å². The number of rotatable bonds is 6. The lowest BCUT2D eigenvalue weighted by molar-refractivity contribution is -0.155. The highest BCUT2D eigenvalue weighted by Crippen LogP contribution is 2.21. The molecule has 0 fully saturated rings. The van der Waals surface area contributed by atoms with Gasteiger partial charge in [-0.05, 0) is 26.8 Å². The average Bonchev–Trinajstić information content (AvgIpc) is 2.57. The van der Waals surface area contributed by atoms with E-state index in [1.807, 2.05) is 81.4 Å². The molecule has 144 valence electrons. The monoisotopic (exact) mass is 381 g/mol. The second-order valence-electron chi connectivity index (χ2n) is 9.02. The minimum atomic E-state index is -1.54. The molecule has 3 nitrogen and oxygen atoms in total. The standard InChI is InChI=1S/C23H31NO2Si/c1-23(2,3)26-22(25)20(17-27(4,5)6)24-21(18-13-9-7-10-14-18)19-15-11-8-12-16-19/h7-16,20H,17H2,1-6H3/t20-/m0/s1. The molecule has 0 radical (unpaired) electrons. The summed E-state index contributed by atoms with van der Waals surface area (Å²) in [6.45, 7) is 12.5. The van der Waals surface area contributed by atoms with Crippen LogP contribution in [-0.4, -0.2) is 31.4 Å². The molecule has 0 heterocycles. The highest BCUT2D eigenvalue weighted by Gasteiger charge is 2.30. The van der Waals surface area contributed by atoms with E-state index in [2.05, 4.69) is 19.6 Å². The van der Waals surface area contributed by atoms with Gasteiger partial charge in [-0.3, -0.25) is 4.99 Å².